The van der Waals surface area contributed by atoms with Gasteiger partial charge in [0.2, 0.25) is 0 Å². The molecule has 1 amide bonds. The molecule has 3 heterocycles. The summed E-state index contributed by atoms with van der Waals surface area (Å²) >= 11 is 0. The first-order chi connectivity index (χ1) is 18.4. The first-order valence-corrected chi connectivity index (χ1v) is 13.3. The molecule has 3 N–H and O–H groups in total. The van der Waals surface area contributed by atoms with Crippen molar-refractivity contribution >= 4 is 21.6 Å². The molecule has 0 radical (unpaired) electrons. The molecule has 1 aliphatic heterocycles. The molecule has 1 unspecified atom stereocenters. The minimum atomic E-state index is -4.92. The standard InChI is InChI=1S/C24H24F3N7O4S/c1-4-6-20-30-13(3)21-23(35)31-22(32-34(20)21)16-10-15(7-8-19(16)38-5-2)39(36,37)33-14-9-17(24(25,26)27)18(11-28)29-12-14/h7-10,12,22,32-33H,4-6H2,1-3H3,(H,31,35). The van der Waals surface area contributed by atoms with Crippen molar-refractivity contribution in [1.29, 1.82) is 5.26 Å². The quantitative estimate of drug-likeness (QED) is 0.376. The zero-order valence-electron chi connectivity index (χ0n) is 21.0. The van der Waals surface area contributed by atoms with Crippen molar-refractivity contribution in [3.05, 3.63) is 64.5 Å². The molecule has 1 aromatic carbocycles. The van der Waals surface area contributed by atoms with Gasteiger partial charge in [0.15, 0.2) is 11.4 Å². The SMILES string of the molecule is CCCc1nc(C)c2n1NC(c1cc(S(=O)(=O)Nc3cnc(C#N)c(C(F)(F)F)c3)ccc1OCC)NC2=O. The second-order valence-electron chi connectivity index (χ2n) is 8.55. The largest absolute Gasteiger partial charge is 0.493 e. The van der Waals surface area contributed by atoms with Gasteiger partial charge in [-0.3, -0.25) is 14.9 Å². The summed E-state index contributed by atoms with van der Waals surface area (Å²) in [6.45, 7) is 5.65. The highest BCUT2D eigenvalue weighted by atomic mass is 32.2. The number of nitriles is 1. The first kappa shape index (κ1) is 27.7. The summed E-state index contributed by atoms with van der Waals surface area (Å²) in [6, 6.07) is 5.70. The third-order valence-electron chi connectivity index (χ3n) is 5.80. The molecule has 3 aromatic rings. The van der Waals surface area contributed by atoms with Crippen LogP contribution in [-0.4, -0.2) is 35.6 Å². The third-order valence-corrected chi connectivity index (χ3v) is 7.18. The van der Waals surface area contributed by atoms with Crippen LogP contribution in [0.25, 0.3) is 0 Å². The van der Waals surface area contributed by atoms with E-state index >= 15 is 0 Å². The Morgan fingerprint density at radius 1 is 1.26 bits per heavy atom. The molecule has 11 nitrogen and oxygen atoms in total. The van der Waals surface area contributed by atoms with E-state index in [9.17, 15) is 26.4 Å². The second-order valence-corrected chi connectivity index (χ2v) is 10.2. The number of sulfonamides is 1. The molecule has 15 heteroatoms. The molecule has 0 saturated carbocycles. The number of carbonyl (C=O) groups excluding carboxylic acids is 1. The highest BCUT2D eigenvalue weighted by Crippen LogP contribution is 2.34. The molecule has 4 rings (SSSR count). The number of ether oxygens (including phenoxy) is 1. The lowest BCUT2D eigenvalue weighted by Crippen LogP contribution is -2.45. The lowest BCUT2D eigenvalue weighted by Gasteiger charge is -2.30. The Morgan fingerprint density at radius 3 is 2.64 bits per heavy atom. The highest BCUT2D eigenvalue weighted by Gasteiger charge is 2.35. The van der Waals surface area contributed by atoms with Crippen molar-refractivity contribution < 1.29 is 31.1 Å². The van der Waals surface area contributed by atoms with Crippen LogP contribution in [0.5, 0.6) is 5.75 Å². The Kier molecular flexibility index (Phi) is 7.42. The van der Waals surface area contributed by atoms with Gasteiger partial charge in [0.05, 0.1) is 34.6 Å². The number of imidazole rings is 1. The van der Waals surface area contributed by atoms with E-state index in [2.05, 4.69) is 25.4 Å². The number of fused-ring (bicyclic) bond motifs is 1. The predicted octanol–water partition coefficient (Wildman–Crippen LogP) is 3.61. The van der Waals surface area contributed by atoms with Gasteiger partial charge >= 0.3 is 6.18 Å². The number of hydrogen-bond donors (Lipinski definition) is 3. The Labute approximate surface area is 222 Å². The molecular weight excluding hydrogens is 539 g/mol. The van der Waals surface area contributed by atoms with E-state index in [1.807, 2.05) is 6.92 Å². The molecule has 39 heavy (non-hydrogen) atoms. The molecule has 1 aliphatic rings. The van der Waals surface area contributed by atoms with Crippen LogP contribution in [-0.2, 0) is 22.6 Å². The number of amides is 1. The van der Waals surface area contributed by atoms with Crippen LogP contribution >= 0.6 is 0 Å². The summed E-state index contributed by atoms with van der Waals surface area (Å²) in [7, 11) is -4.43. The topological polar surface area (TPSA) is 151 Å². The molecule has 0 bridgehead atoms. The minimum Gasteiger partial charge on any atom is -0.493 e. The summed E-state index contributed by atoms with van der Waals surface area (Å²) in [4.78, 5) is 20.5. The molecule has 206 valence electrons. The zero-order valence-corrected chi connectivity index (χ0v) is 21.9. The zero-order chi connectivity index (χ0) is 28.5. The molecule has 1 atom stereocenters. The number of pyridine rings is 1. The Hall–Kier alpha value is -4.32. The maximum Gasteiger partial charge on any atom is 0.419 e. The predicted molar refractivity (Wildman–Crippen MR) is 133 cm³/mol. The number of rotatable bonds is 8. The molecule has 0 saturated heterocycles. The van der Waals surface area contributed by atoms with Gasteiger partial charge < -0.3 is 10.1 Å². The van der Waals surface area contributed by atoms with Crippen LogP contribution in [0.2, 0.25) is 0 Å². The number of benzene rings is 1. The van der Waals surface area contributed by atoms with Crippen molar-refractivity contribution in [2.24, 2.45) is 0 Å². The van der Waals surface area contributed by atoms with Crippen LogP contribution in [0.1, 0.15) is 65.3 Å². The van der Waals surface area contributed by atoms with Crippen molar-refractivity contribution in [2.45, 2.75) is 50.9 Å². The van der Waals surface area contributed by atoms with E-state index in [-0.39, 0.29) is 22.8 Å². The number of hydrogen-bond acceptors (Lipinski definition) is 8. The summed E-state index contributed by atoms with van der Waals surface area (Å²) in [5, 5.41) is 11.7. The van der Waals surface area contributed by atoms with Crippen LogP contribution in [0.4, 0.5) is 18.9 Å². The summed E-state index contributed by atoms with van der Waals surface area (Å²) < 4.78 is 75.7. The average Bonchev–Trinajstić information content (AvgIpc) is 3.19. The molecule has 2 aromatic heterocycles. The first-order valence-electron chi connectivity index (χ1n) is 11.8. The van der Waals surface area contributed by atoms with Crippen LogP contribution in [0, 0.1) is 18.3 Å². The number of nitrogens with zero attached hydrogens (tertiary/aromatic N) is 4. The maximum absolute atomic E-state index is 13.3. The number of anilines is 1. The van der Waals surface area contributed by atoms with E-state index in [1.165, 1.54) is 24.3 Å². The Balaban J connectivity index is 1.72. The fraction of sp³-hybridized carbons (Fsp3) is 0.333. The summed E-state index contributed by atoms with van der Waals surface area (Å²) in [5.41, 5.74) is 1.52. The van der Waals surface area contributed by atoms with E-state index in [1.54, 1.807) is 18.5 Å². The van der Waals surface area contributed by atoms with Crippen LogP contribution in [0.15, 0.2) is 35.4 Å². The molecule has 0 fully saturated rings. The van der Waals surface area contributed by atoms with Gasteiger partial charge in [-0.2, -0.15) is 18.4 Å². The fourth-order valence-corrected chi connectivity index (χ4v) is 5.21. The Morgan fingerprint density at radius 2 is 2.00 bits per heavy atom. The van der Waals surface area contributed by atoms with Crippen LogP contribution < -0.4 is 20.2 Å². The van der Waals surface area contributed by atoms with E-state index < -0.39 is 45.2 Å². The fourth-order valence-electron chi connectivity index (χ4n) is 4.14. The lowest BCUT2D eigenvalue weighted by atomic mass is 10.1. The van der Waals surface area contributed by atoms with Gasteiger partial charge in [0, 0.05) is 12.0 Å². The van der Waals surface area contributed by atoms with Gasteiger partial charge in [-0.05, 0) is 44.5 Å². The molecule has 0 aliphatic carbocycles. The number of nitrogens with one attached hydrogen (secondary N) is 3. The number of alkyl halides is 3. The number of aryl methyl sites for hydroxylation is 2. The van der Waals surface area contributed by atoms with Gasteiger partial charge in [-0.1, -0.05) is 6.92 Å². The van der Waals surface area contributed by atoms with Gasteiger partial charge in [0.25, 0.3) is 15.9 Å². The monoisotopic (exact) mass is 563 g/mol. The number of carbonyl (C=O) groups is 1. The van der Waals surface area contributed by atoms with Gasteiger partial charge in [-0.15, -0.1) is 0 Å². The van der Waals surface area contributed by atoms with Crippen molar-refractivity contribution in [3.8, 4) is 11.8 Å². The van der Waals surface area contributed by atoms with Gasteiger partial charge in [0.1, 0.15) is 23.8 Å². The van der Waals surface area contributed by atoms with Crippen molar-refractivity contribution in [3.63, 3.8) is 0 Å². The minimum absolute atomic E-state index is 0.242. The maximum atomic E-state index is 13.3. The average molecular weight is 564 g/mol. The van der Waals surface area contributed by atoms with Crippen molar-refractivity contribution in [1.82, 2.24) is 20.0 Å². The smallest absolute Gasteiger partial charge is 0.419 e. The third kappa shape index (κ3) is 5.46. The second kappa shape index (κ2) is 10.4. The lowest BCUT2D eigenvalue weighted by molar-refractivity contribution is -0.138. The molecule has 0 spiro atoms. The van der Waals surface area contributed by atoms with Crippen LogP contribution in [0.3, 0.4) is 0 Å². The molecular formula is C24H24F3N7O4S. The Bertz CT molecular complexity index is 1580. The van der Waals surface area contributed by atoms with Gasteiger partial charge in [-0.25, -0.2) is 23.1 Å². The highest BCUT2D eigenvalue weighted by molar-refractivity contribution is 7.92. The van der Waals surface area contributed by atoms with E-state index in [0.29, 0.717) is 29.7 Å². The normalized spacial score (nSPS) is 15.1. The summed E-state index contributed by atoms with van der Waals surface area (Å²) in [6.07, 6.45) is -3.66. The van der Waals surface area contributed by atoms with Crippen molar-refractivity contribution in [2.75, 3.05) is 16.8 Å². The number of halogens is 3. The van der Waals surface area contributed by atoms with E-state index in [4.69, 9.17) is 10.00 Å². The summed E-state index contributed by atoms with van der Waals surface area (Å²) in [5.74, 6) is 0.483. The number of aromatic nitrogens is 3. The van der Waals surface area contributed by atoms with E-state index in [0.717, 1.165) is 12.6 Å².